The average Bonchev–Trinajstić information content (AvgIpc) is 2.69. The lowest BCUT2D eigenvalue weighted by Gasteiger charge is -2.26. The summed E-state index contributed by atoms with van der Waals surface area (Å²) >= 11 is 0. The van der Waals surface area contributed by atoms with Crippen LogP contribution in [-0.4, -0.2) is 53.1 Å². The maximum atomic E-state index is 12.6. The molecule has 1 amide bonds. The smallest absolute Gasteiger partial charge is 0.253 e. The van der Waals surface area contributed by atoms with Crippen molar-refractivity contribution in [3.63, 3.8) is 0 Å². The lowest BCUT2D eigenvalue weighted by atomic mass is 10.1. The molecule has 0 aliphatic carbocycles. The van der Waals surface area contributed by atoms with Gasteiger partial charge in [0.1, 0.15) is 0 Å². The number of anilines is 1. The Labute approximate surface area is 164 Å². The number of carbonyl (C=O) groups excluding carboxylic acids is 1. The minimum Gasteiger partial charge on any atom is -0.493 e. The highest BCUT2D eigenvalue weighted by molar-refractivity contribution is 7.92. The number of nitrogens with one attached hydrogen (secondary N) is 1. The molecule has 0 radical (unpaired) electrons. The zero-order valence-electron chi connectivity index (χ0n) is 16.0. The Hall–Kier alpha value is -2.78. The summed E-state index contributed by atoms with van der Waals surface area (Å²) in [4.78, 5) is 12.6. The molecular weight excluding hydrogens is 384 g/mol. The average molecular weight is 408 g/mol. The first kappa shape index (κ1) is 21.5. The van der Waals surface area contributed by atoms with E-state index in [4.69, 9.17) is 14.6 Å². The van der Waals surface area contributed by atoms with Crippen LogP contribution in [0.1, 0.15) is 15.9 Å². The quantitative estimate of drug-likeness (QED) is 0.650. The number of methoxy groups -OCH3 is 2. The van der Waals surface area contributed by atoms with Gasteiger partial charge in [-0.15, -0.1) is 0 Å². The normalized spacial score (nSPS) is 11.0. The second-order valence-corrected chi connectivity index (χ2v) is 7.87. The van der Waals surface area contributed by atoms with Gasteiger partial charge in [-0.2, -0.15) is 0 Å². The standard InChI is InChI=1S/C19H24N2O6S/c1-26-17-11-15(19(23)20-9-10-22)16(12-18(17)27-2)21(28(3,24)25)13-14-7-5-4-6-8-14/h4-8,11-12,22H,9-10,13H2,1-3H3,(H,20,23). The van der Waals surface area contributed by atoms with Crippen LogP contribution in [0.15, 0.2) is 42.5 Å². The molecule has 0 aliphatic heterocycles. The van der Waals surface area contributed by atoms with E-state index in [1.54, 1.807) is 24.3 Å². The number of nitrogens with zero attached hydrogens (tertiary/aromatic N) is 1. The largest absolute Gasteiger partial charge is 0.493 e. The van der Waals surface area contributed by atoms with Gasteiger partial charge in [-0.3, -0.25) is 9.10 Å². The molecule has 2 aromatic rings. The van der Waals surface area contributed by atoms with Gasteiger partial charge in [0.15, 0.2) is 11.5 Å². The summed E-state index contributed by atoms with van der Waals surface area (Å²) in [6.45, 7) is -0.173. The number of amides is 1. The van der Waals surface area contributed by atoms with Crippen LogP contribution in [0.3, 0.4) is 0 Å². The molecule has 0 atom stereocenters. The van der Waals surface area contributed by atoms with Crippen molar-refractivity contribution in [3.8, 4) is 11.5 Å². The molecule has 28 heavy (non-hydrogen) atoms. The Morgan fingerprint density at radius 1 is 1.11 bits per heavy atom. The van der Waals surface area contributed by atoms with E-state index in [1.807, 2.05) is 6.07 Å². The van der Waals surface area contributed by atoms with E-state index in [2.05, 4.69) is 5.32 Å². The molecule has 0 bridgehead atoms. The summed E-state index contributed by atoms with van der Waals surface area (Å²) in [7, 11) is -0.882. The Morgan fingerprint density at radius 3 is 2.25 bits per heavy atom. The maximum Gasteiger partial charge on any atom is 0.253 e. The first-order valence-corrected chi connectivity index (χ1v) is 10.3. The van der Waals surface area contributed by atoms with Crippen LogP contribution in [0.5, 0.6) is 11.5 Å². The van der Waals surface area contributed by atoms with Crippen LogP contribution in [0.4, 0.5) is 5.69 Å². The summed E-state index contributed by atoms with van der Waals surface area (Å²) in [5, 5.41) is 11.5. The maximum absolute atomic E-state index is 12.6. The molecule has 0 fully saturated rings. The third-order valence-electron chi connectivity index (χ3n) is 3.98. The molecule has 0 saturated carbocycles. The Balaban J connectivity index is 2.63. The number of rotatable bonds is 9. The molecule has 8 nitrogen and oxygen atoms in total. The zero-order valence-corrected chi connectivity index (χ0v) is 16.8. The van der Waals surface area contributed by atoms with Crippen LogP contribution >= 0.6 is 0 Å². The molecule has 0 heterocycles. The molecule has 2 N–H and O–H groups in total. The molecule has 0 spiro atoms. The molecule has 2 aromatic carbocycles. The summed E-state index contributed by atoms with van der Waals surface area (Å²) < 4.78 is 36.8. The second kappa shape index (κ2) is 9.43. The molecular formula is C19H24N2O6S. The van der Waals surface area contributed by atoms with Gasteiger partial charge in [0.2, 0.25) is 10.0 Å². The topological polar surface area (TPSA) is 105 Å². The van der Waals surface area contributed by atoms with Crippen molar-refractivity contribution in [2.45, 2.75) is 6.54 Å². The van der Waals surface area contributed by atoms with E-state index in [9.17, 15) is 13.2 Å². The van der Waals surface area contributed by atoms with Gasteiger partial charge in [-0.25, -0.2) is 8.42 Å². The number of benzene rings is 2. The van der Waals surface area contributed by atoms with Crippen LogP contribution in [0, 0.1) is 0 Å². The number of aliphatic hydroxyl groups excluding tert-OH is 1. The van der Waals surface area contributed by atoms with E-state index in [0.29, 0.717) is 0 Å². The van der Waals surface area contributed by atoms with E-state index in [0.717, 1.165) is 16.1 Å². The van der Waals surface area contributed by atoms with Crippen molar-refractivity contribution in [2.24, 2.45) is 0 Å². The lowest BCUT2D eigenvalue weighted by Crippen LogP contribution is -2.33. The minimum absolute atomic E-state index is 0.0319. The molecule has 9 heteroatoms. The fraction of sp³-hybridized carbons (Fsp3) is 0.316. The third-order valence-corrected chi connectivity index (χ3v) is 5.11. The predicted molar refractivity (Wildman–Crippen MR) is 106 cm³/mol. The van der Waals surface area contributed by atoms with Gasteiger partial charge in [-0.1, -0.05) is 30.3 Å². The van der Waals surface area contributed by atoms with Gasteiger partial charge in [-0.05, 0) is 11.6 Å². The summed E-state index contributed by atoms with van der Waals surface area (Å²) in [6, 6.07) is 11.9. The number of ether oxygens (including phenoxy) is 2. The number of sulfonamides is 1. The van der Waals surface area contributed by atoms with E-state index in [1.165, 1.54) is 26.4 Å². The van der Waals surface area contributed by atoms with Crippen molar-refractivity contribution in [3.05, 3.63) is 53.6 Å². The number of carbonyl (C=O) groups is 1. The second-order valence-electron chi connectivity index (χ2n) is 5.96. The van der Waals surface area contributed by atoms with Crippen molar-refractivity contribution in [2.75, 3.05) is 37.9 Å². The van der Waals surface area contributed by atoms with Gasteiger partial charge < -0.3 is 19.9 Å². The SMILES string of the molecule is COc1cc(C(=O)NCCO)c(N(Cc2ccccc2)S(C)(=O)=O)cc1OC. The Kier molecular flexibility index (Phi) is 7.24. The monoisotopic (exact) mass is 408 g/mol. The molecule has 0 unspecified atom stereocenters. The van der Waals surface area contributed by atoms with Gasteiger partial charge in [0.25, 0.3) is 5.91 Å². The zero-order chi connectivity index (χ0) is 20.7. The van der Waals surface area contributed by atoms with E-state index < -0.39 is 15.9 Å². The van der Waals surface area contributed by atoms with E-state index >= 15 is 0 Å². The highest BCUT2D eigenvalue weighted by Crippen LogP contribution is 2.36. The van der Waals surface area contributed by atoms with Crippen molar-refractivity contribution in [1.29, 1.82) is 0 Å². The highest BCUT2D eigenvalue weighted by atomic mass is 32.2. The summed E-state index contributed by atoms with van der Waals surface area (Å²) in [5.74, 6) is 0.0400. The Bertz CT molecular complexity index is 916. The van der Waals surface area contributed by atoms with Crippen molar-refractivity contribution < 1.29 is 27.8 Å². The highest BCUT2D eigenvalue weighted by Gasteiger charge is 2.26. The fourth-order valence-corrected chi connectivity index (χ4v) is 3.54. The number of hydrogen-bond donors (Lipinski definition) is 2. The van der Waals surface area contributed by atoms with Crippen LogP contribution in [0.25, 0.3) is 0 Å². The molecule has 0 aliphatic rings. The van der Waals surface area contributed by atoms with Crippen LogP contribution < -0.4 is 19.1 Å². The predicted octanol–water partition coefficient (Wildman–Crippen LogP) is 1.39. The molecule has 0 aromatic heterocycles. The van der Waals surface area contributed by atoms with Gasteiger partial charge >= 0.3 is 0 Å². The number of aliphatic hydroxyl groups is 1. The fourth-order valence-electron chi connectivity index (χ4n) is 2.65. The summed E-state index contributed by atoms with van der Waals surface area (Å²) in [6.07, 6.45) is 1.07. The third kappa shape index (κ3) is 5.14. The van der Waals surface area contributed by atoms with Crippen molar-refractivity contribution >= 4 is 21.6 Å². The number of hydrogen-bond acceptors (Lipinski definition) is 6. The van der Waals surface area contributed by atoms with E-state index in [-0.39, 0.29) is 42.4 Å². The first-order chi connectivity index (χ1) is 13.3. The lowest BCUT2D eigenvalue weighted by molar-refractivity contribution is 0.0945. The van der Waals surface area contributed by atoms with Crippen molar-refractivity contribution in [1.82, 2.24) is 5.32 Å². The molecule has 0 saturated heterocycles. The first-order valence-electron chi connectivity index (χ1n) is 8.48. The Morgan fingerprint density at radius 2 is 1.71 bits per heavy atom. The van der Waals surface area contributed by atoms with Crippen LogP contribution in [-0.2, 0) is 16.6 Å². The van der Waals surface area contributed by atoms with Gasteiger partial charge in [0.05, 0.1) is 44.9 Å². The minimum atomic E-state index is -3.73. The molecule has 2 rings (SSSR count). The molecule has 152 valence electrons. The van der Waals surface area contributed by atoms with Gasteiger partial charge in [0, 0.05) is 12.6 Å². The summed E-state index contributed by atoms with van der Waals surface area (Å²) in [5.41, 5.74) is 0.997. The van der Waals surface area contributed by atoms with Crippen LogP contribution in [0.2, 0.25) is 0 Å².